The van der Waals surface area contributed by atoms with Crippen molar-refractivity contribution in [2.75, 3.05) is 5.73 Å². The number of fused-ring (bicyclic) bond motifs is 2. The third-order valence-electron chi connectivity index (χ3n) is 2.78. The average Bonchev–Trinajstić information content (AvgIpc) is 2.30. The Hall–Kier alpha value is 0.420. The Balaban J connectivity index is 2.16. The van der Waals surface area contributed by atoms with Gasteiger partial charge in [0.1, 0.15) is 0 Å². The van der Waals surface area contributed by atoms with Crippen molar-refractivity contribution >= 4 is 48.9 Å². The van der Waals surface area contributed by atoms with E-state index in [1.807, 2.05) is 43.2 Å². The van der Waals surface area contributed by atoms with Crippen molar-refractivity contribution in [1.29, 1.82) is 0 Å². The Kier molecular flexibility index (Phi) is 3.07. The number of hydrogen-bond acceptors (Lipinski definition) is 5. The average molecular weight is 273 g/mol. The van der Waals surface area contributed by atoms with Crippen LogP contribution in [-0.4, -0.2) is 0 Å². The van der Waals surface area contributed by atoms with Gasteiger partial charge in [0.2, 0.25) is 0 Å². The molecule has 0 aromatic heterocycles. The summed E-state index contributed by atoms with van der Waals surface area (Å²) in [4.78, 5) is 0. The summed E-state index contributed by atoms with van der Waals surface area (Å²) >= 11 is 0. The fourth-order valence-corrected chi connectivity index (χ4v) is 6.41. The molecule has 0 fully saturated rings. The van der Waals surface area contributed by atoms with Gasteiger partial charge in [-0.05, 0) is 22.3 Å². The van der Waals surface area contributed by atoms with Crippen LogP contribution >= 0.6 is 43.2 Å². The standard InChI is InChI=1S/C10H11NS4/c11-10-8-4-14-12-2-6(8)1-7-3-13-15-5-9(7)10/h1H,2-5,11H2. The molecule has 1 aromatic rings. The lowest BCUT2D eigenvalue weighted by Gasteiger charge is -2.24. The second-order valence-corrected chi connectivity index (χ2v) is 8.54. The van der Waals surface area contributed by atoms with Gasteiger partial charge in [-0.25, -0.2) is 0 Å². The largest absolute Gasteiger partial charge is 0.398 e. The number of nitrogen functional groups attached to an aromatic ring is 1. The van der Waals surface area contributed by atoms with Gasteiger partial charge in [-0.15, -0.1) is 0 Å². The van der Waals surface area contributed by atoms with E-state index in [2.05, 4.69) is 6.07 Å². The van der Waals surface area contributed by atoms with E-state index in [-0.39, 0.29) is 0 Å². The number of nitrogens with two attached hydrogens (primary N) is 1. The van der Waals surface area contributed by atoms with Gasteiger partial charge in [0, 0.05) is 28.7 Å². The molecule has 3 rings (SSSR count). The Morgan fingerprint density at radius 2 is 1.27 bits per heavy atom. The van der Waals surface area contributed by atoms with Crippen LogP contribution in [0.3, 0.4) is 0 Å². The van der Waals surface area contributed by atoms with E-state index in [0.29, 0.717) is 0 Å². The van der Waals surface area contributed by atoms with Crippen molar-refractivity contribution in [2.24, 2.45) is 0 Å². The molecule has 0 amide bonds. The van der Waals surface area contributed by atoms with E-state index in [9.17, 15) is 0 Å². The molecule has 2 aliphatic heterocycles. The van der Waals surface area contributed by atoms with Crippen molar-refractivity contribution < 1.29 is 0 Å². The van der Waals surface area contributed by atoms with E-state index in [4.69, 9.17) is 5.73 Å². The van der Waals surface area contributed by atoms with Gasteiger partial charge < -0.3 is 5.73 Å². The molecule has 2 heterocycles. The molecule has 0 atom stereocenters. The summed E-state index contributed by atoms with van der Waals surface area (Å²) in [5, 5.41) is 0. The Labute approximate surface area is 106 Å². The fourth-order valence-electron chi connectivity index (χ4n) is 1.92. The van der Waals surface area contributed by atoms with Crippen LogP contribution in [0, 0.1) is 0 Å². The Morgan fingerprint density at radius 3 is 1.80 bits per heavy atom. The van der Waals surface area contributed by atoms with Crippen LogP contribution in [-0.2, 0) is 23.0 Å². The molecule has 0 radical (unpaired) electrons. The molecular formula is C10H11NS4. The molecule has 2 N–H and O–H groups in total. The molecule has 0 spiro atoms. The first-order valence-electron chi connectivity index (χ1n) is 4.77. The minimum Gasteiger partial charge on any atom is -0.398 e. The second-order valence-electron chi connectivity index (χ2n) is 3.61. The van der Waals surface area contributed by atoms with E-state index in [0.717, 1.165) is 28.7 Å². The molecule has 5 heteroatoms. The van der Waals surface area contributed by atoms with Crippen LogP contribution < -0.4 is 5.73 Å². The molecule has 80 valence electrons. The monoisotopic (exact) mass is 273 g/mol. The summed E-state index contributed by atoms with van der Waals surface area (Å²) in [6, 6.07) is 2.39. The Bertz CT molecular complexity index is 371. The summed E-state index contributed by atoms with van der Waals surface area (Å²) in [5.74, 6) is 4.40. The Morgan fingerprint density at radius 1 is 0.800 bits per heavy atom. The fraction of sp³-hybridized carbons (Fsp3) is 0.400. The number of hydrogen-bond donors (Lipinski definition) is 1. The van der Waals surface area contributed by atoms with Crippen LogP contribution in [0.15, 0.2) is 6.07 Å². The maximum absolute atomic E-state index is 6.28. The highest BCUT2D eigenvalue weighted by molar-refractivity contribution is 8.76. The first-order valence-corrected chi connectivity index (χ1v) is 9.74. The van der Waals surface area contributed by atoms with E-state index < -0.39 is 0 Å². The summed E-state index contributed by atoms with van der Waals surface area (Å²) in [7, 11) is 7.75. The van der Waals surface area contributed by atoms with Gasteiger partial charge in [0.05, 0.1) is 0 Å². The van der Waals surface area contributed by atoms with Crippen molar-refractivity contribution in [3.8, 4) is 0 Å². The minimum atomic E-state index is 1.08. The van der Waals surface area contributed by atoms with E-state index in [1.54, 1.807) is 0 Å². The lowest BCUT2D eigenvalue weighted by molar-refractivity contribution is 1.19. The van der Waals surface area contributed by atoms with E-state index in [1.165, 1.54) is 22.3 Å². The maximum atomic E-state index is 6.28. The zero-order chi connectivity index (χ0) is 10.3. The van der Waals surface area contributed by atoms with Gasteiger partial charge in [0.25, 0.3) is 0 Å². The number of rotatable bonds is 0. The van der Waals surface area contributed by atoms with Gasteiger partial charge in [-0.1, -0.05) is 49.2 Å². The SMILES string of the molecule is Nc1c2c(cc3c1CSSC3)CSSC2. The highest BCUT2D eigenvalue weighted by Gasteiger charge is 2.21. The highest BCUT2D eigenvalue weighted by Crippen LogP contribution is 2.46. The van der Waals surface area contributed by atoms with Crippen molar-refractivity contribution in [2.45, 2.75) is 23.0 Å². The summed E-state index contributed by atoms with van der Waals surface area (Å²) in [5.41, 5.74) is 13.1. The van der Waals surface area contributed by atoms with Gasteiger partial charge >= 0.3 is 0 Å². The first kappa shape index (κ1) is 10.6. The number of anilines is 1. The molecule has 0 bridgehead atoms. The van der Waals surface area contributed by atoms with Gasteiger partial charge in [0.15, 0.2) is 0 Å². The minimum absolute atomic E-state index is 1.08. The zero-order valence-corrected chi connectivity index (χ0v) is 11.4. The molecule has 0 unspecified atom stereocenters. The van der Waals surface area contributed by atoms with Crippen LogP contribution in [0.2, 0.25) is 0 Å². The molecule has 1 aromatic carbocycles. The second kappa shape index (κ2) is 4.35. The quantitative estimate of drug-likeness (QED) is 0.568. The predicted octanol–water partition coefficient (Wildman–Crippen LogP) is 4.06. The first-order chi connectivity index (χ1) is 7.36. The summed E-state index contributed by atoms with van der Waals surface area (Å²) in [6.45, 7) is 0. The maximum Gasteiger partial charge on any atom is 0.0402 e. The zero-order valence-electron chi connectivity index (χ0n) is 8.12. The highest BCUT2D eigenvalue weighted by atomic mass is 33.1. The van der Waals surface area contributed by atoms with Crippen LogP contribution in [0.25, 0.3) is 0 Å². The predicted molar refractivity (Wildman–Crippen MR) is 76.0 cm³/mol. The molecule has 1 nitrogen and oxygen atoms in total. The molecule has 0 aliphatic carbocycles. The number of benzene rings is 1. The van der Waals surface area contributed by atoms with Crippen molar-refractivity contribution in [1.82, 2.24) is 0 Å². The van der Waals surface area contributed by atoms with Crippen LogP contribution in [0.1, 0.15) is 22.3 Å². The summed E-state index contributed by atoms with van der Waals surface area (Å²) < 4.78 is 0. The normalized spacial score (nSPS) is 19.5. The smallest absolute Gasteiger partial charge is 0.0402 e. The third-order valence-corrected chi connectivity index (χ3v) is 7.19. The van der Waals surface area contributed by atoms with Crippen molar-refractivity contribution in [3.05, 3.63) is 28.3 Å². The topological polar surface area (TPSA) is 26.0 Å². The molecular weight excluding hydrogens is 262 g/mol. The van der Waals surface area contributed by atoms with E-state index >= 15 is 0 Å². The molecule has 0 saturated heterocycles. The van der Waals surface area contributed by atoms with Crippen LogP contribution in [0.5, 0.6) is 0 Å². The molecule has 15 heavy (non-hydrogen) atoms. The van der Waals surface area contributed by atoms with Gasteiger partial charge in [-0.2, -0.15) is 0 Å². The lowest BCUT2D eigenvalue weighted by Crippen LogP contribution is -2.09. The van der Waals surface area contributed by atoms with Crippen molar-refractivity contribution in [3.63, 3.8) is 0 Å². The molecule has 2 aliphatic rings. The van der Waals surface area contributed by atoms with Gasteiger partial charge in [-0.3, -0.25) is 0 Å². The lowest BCUT2D eigenvalue weighted by atomic mass is 9.99. The third kappa shape index (κ3) is 1.88. The van der Waals surface area contributed by atoms with Crippen LogP contribution in [0.4, 0.5) is 5.69 Å². The molecule has 0 saturated carbocycles. The summed E-state index contributed by atoms with van der Waals surface area (Å²) in [6.07, 6.45) is 0.